The highest BCUT2D eigenvalue weighted by Crippen LogP contribution is 2.41. The maximum atomic E-state index is 11.8. The monoisotopic (exact) mass is 281 g/mol. The molecule has 1 unspecified atom stereocenters. The maximum absolute atomic E-state index is 11.8. The summed E-state index contributed by atoms with van der Waals surface area (Å²) in [5, 5.41) is 0. The lowest BCUT2D eigenvalue weighted by Gasteiger charge is -2.46. The Morgan fingerprint density at radius 3 is 2.50 bits per heavy atom. The van der Waals surface area contributed by atoms with Crippen molar-refractivity contribution in [1.29, 1.82) is 0 Å². The molecule has 2 rings (SSSR count). The predicted molar refractivity (Wildman–Crippen MR) is 73.8 cm³/mol. The fourth-order valence-electron chi connectivity index (χ4n) is 3.59. The van der Waals surface area contributed by atoms with Crippen LogP contribution in [-0.2, 0) is 14.3 Å². The molecule has 1 saturated heterocycles. The molecule has 5 nitrogen and oxygen atoms in total. The number of hydrogen-bond acceptors (Lipinski definition) is 4. The van der Waals surface area contributed by atoms with Gasteiger partial charge in [-0.1, -0.05) is 13.0 Å². The normalized spacial score (nSPS) is 28.6. The van der Waals surface area contributed by atoms with E-state index < -0.39 is 0 Å². The molecule has 1 saturated carbocycles. The molecule has 2 fully saturated rings. The van der Waals surface area contributed by atoms with Gasteiger partial charge in [-0.3, -0.25) is 4.79 Å². The van der Waals surface area contributed by atoms with Gasteiger partial charge in [-0.05, 0) is 37.5 Å². The molecule has 0 aromatic carbocycles. The zero-order valence-corrected chi connectivity index (χ0v) is 12.0. The number of carbonyl (C=O) groups is 2. The summed E-state index contributed by atoms with van der Waals surface area (Å²) < 4.78 is 9.93. The van der Waals surface area contributed by atoms with Crippen LogP contribution in [0.5, 0.6) is 0 Å². The molecule has 1 amide bonds. The molecule has 1 aliphatic heterocycles. The second kappa shape index (κ2) is 6.77. The van der Waals surface area contributed by atoms with Crippen molar-refractivity contribution in [2.75, 3.05) is 19.7 Å². The minimum absolute atomic E-state index is 0.114. The van der Waals surface area contributed by atoms with Crippen LogP contribution in [0.4, 0.5) is 4.79 Å². The number of rotatable bonds is 4. The van der Waals surface area contributed by atoms with Gasteiger partial charge in [0.2, 0.25) is 0 Å². The van der Waals surface area contributed by atoms with Gasteiger partial charge >= 0.3 is 12.1 Å². The average molecular weight is 281 g/mol. The van der Waals surface area contributed by atoms with E-state index in [1.54, 1.807) is 4.90 Å². The number of ether oxygens (including phenoxy) is 2. The summed E-state index contributed by atoms with van der Waals surface area (Å²) in [4.78, 5) is 25.3. The van der Waals surface area contributed by atoms with E-state index in [1.165, 1.54) is 12.7 Å². The van der Waals surface area contributed by atoms with Gasteiger partial charge < -0.3 is 14.4 Å². The van der Waals surface area contributed by atoms with Crippen molar-refractivity contribution in [2.45, 2.75) is 32.6 Å². The van der Waals surface area contributed by atoms with Gasteiger partial charge in [0.15, 0.2) is 0 Å². The van der Waals surface area contributed by atoms with Crippen molar-refractivity contribution >= 4 is 12.1 Å². The Kier molecular flexibility index (Phi) is 5.04. The van der Waals surface area contributed by atoms with E-state index in [-0.39, 0.29) is 12.1 Å². The SMILES string of the molecule is C=COC(=O)N1C[C@H]2CCC[C@@H](C1)C2CC(=O)OCC. The van der Waals surface area contributed by atoms with Crippen LogP contribution in [-0.4, -0.2) is 36.7 Å². The molecule has 3 atom stereocenters. The number of likely N-dealkylation sites (tertiary alicyclic amines) is 1. The second-order valence-electron chi connectivity index (χ2n) is 5.58. The number of hydrogen-bond donors (Lipinski definition) is 0. The summed E-state index contributed by atoms with van der Waals surface area (Å²) in [5.41, 5.74) is 0. The number of esters is 1. The lowest BCUT2D eigenvalue weighted by molar-refractivity contribution is -0.146. The molecule has 0 aromatic rings. The fourth-order valence-corrected chi connectivity index (χ4v) is 3.59. The van der Waals surface area contributed by atoms with E-state index in [0.717, 1.165) is 12.8 Å². The van der Waals surface area contributed by atoms with Crippen LogP contribution in [0, 0.1) is 17.8 Å². The Balaban J connectivity index is 1.98. The number of carbonyl (C=O) groups excluding carboxylic acids is 2. The summed E-state index contributed by atoms with van der Waals surface area (Å²) in [6.45, 7) is 7.01. The largest absolute Gasteiger partial charge is 0.466 e. The summed E-state index contributed by atoms with van der Waals surface area (Å²) in [6.07, 6.45) is 4.64. The predicted octanol–water partition coefficient (Wildman–Crippen LogP) is 2.57. The summed E-state index contributed by atoms with van der Waals surface area (Å²) >= 11 is 0. The third kappa shape index (κ3) is 3.32. The molecule has 0 aromatic heterocycles. The zero-order valence-electron chi connectivity index (χ0n) is 12.0. The highest BCUT2D eigenvalue weighted by atomic mass is 16.5. The Hall–Kier alpha value is -1.52. The van der Waals surface area contributed by atoms with E-state index in [1.807, 2.05) is 6.92 Å². The third-order valence-electron chi connectivity index (χ3n) is 4.42. The summed E-state index contributed by atoms with van der Waals surface area (Å²) in [6, 6.07) is 0. The molecular formula is C15H23NO4. The van der Waals surface area contributed by atoms with E-state index in [9.17, 15) is 9.59 Å². The number of fused-ring (bicyclic) bond motifs is 2. The Bertz CT molecular complexity index is 368. The molecular weight excluding hydrogens is 258 g/mol. The molecule has 0 radical (unpaired) electrons. The smallest absolute Gasteiger partial charge is 0.414 e. The molecule has 112 valence electrons. The Labute approximate surface area is 119 Å². The summed E-state index contributed by atoms with van der Waals surface area (Å²) in [7, 11) is 0. The minimum atomic E-state index is -0.327. The molecule has 0 spiro atoms. The first-order valence-corrected chi connectivity index (χ1v) is 7.37. The van der Waals surface area contributed by atoms with Crippen molar-refractivity contribution in [3.05, 3.63) is 12.8 Å². The van der Waals surface area contributed by atoms with E-state index in [4.69, 9.17) is 9.47 Å². The van der Waals surface area contributed by atoms with Crippen LogP contribution in [0.25, 0.3) is 0 Å². The topological polar surface area (TPSA) is 55.8 Å². The van der Waals surface area contributed by atoms with Gasteiger partial charge in [0.05, 0.1) is 12.9 Å². The molecule has 5 heteroatoms. The first-order chi connectivity index (χ1) is 9.65. The van der Waals surface area contributed by atoms with Crippen LogP contribution in [0.3, 0.4) is 0 Å². The lowest BCUT2D eigenvalue weighted by Crippen LogP contribution is -2.51. The number of nitrogens with zero attached hydrogens (tertiary/aromatic N) is 1. The van der Waals surface area contributed by atoms with Gasteiger partial charge in [0.1, 0.15) is 0 Å². The van der Waals surface area contributed by atoms with Crippen molar-refractivity contribution in [3.63, 3.8) is 0 Å². The van der Waals surface area contributed by atoms with Crippen LogP contribution in [0.1, 0.15) is 32.6 Å². The second-order valence-corrected chi connectivity index (χ2v) is 5.58. The quantitative estimate of drug-likeness (QED) is 0.587. The van der Waals surface area contributed by atoms with Gasteiger partial charge in [-0.15, -0.1) is 0 Å². The molecule has 0 N–H and O–H groups in total. The van der Waals surface area contributed by atoms with E-state index >= 15 is 0 Å². The maximum Gasteiger partial charge on any atom is 0.414 e. The highest BCUT2D eigenvalue weighted by molar-refractivity contribution is 5.70. The molecule has 20 heavy (non-hydrogen) atoms. The van der Waals surface area contributed by atoms with Crippen LogP contribution in [0.2, 0.25) is 0 Å². The zero-order chi connectivity index (χ0) is 14.5. The van der Waals surface area contributed by atoms with Crippen LogP contribution in [0.15, 0.2) is 12.8 Å². The van der Waals surface area contributed by atoms with Crippen molar-refractivity contribution in [1.82, 2.24) is 4.90 Å². The minimum Gasteiger partial charge on any atom is -0.466 e. The van der Waals surface area contributed by atoms with Gasteiger partial charge in [0, 0.05) is 19.5 Å². The lowest BCUT2D eigenvalue weighted by atomic mass is 9.68. The van der Waals surface area contributed by atoms with Crippen molar-refractivity contribution in [3.8, 4) is 0 Å². The molecule has 1 aliphatic carbocycles. The standard InChI is InChI=1S/C15H23NO4/c1-3-19-14(17)8-13-11-6-5-7-12(13)10-16(9-11)15(18)20-4-2/h4,11-13H,2-3,5-10H2,1H3/t11-,12+,13?. The number of amides is 1. The van der Waals surface area contributed by atoms with Crippen molar-refractivity contribution in [2.24, 2.45) is 17.8 Å². The summed E-state index contributed by atoms with van der Waals surface area (Å²) in [5.74, 6) is 0.987. The van der Waals surface area contributed by atoms with Gasteiger partial charge in [0.25, 0.3) is 0 Å². The molecule has 1 heterocycles. The first kappa shape index (κ1) is 14.9. The fraction of sp³-hybridized carbons (Fsp3) is 0.733. The Morgan fingerprint density at radius 1 is 1.30 bits per heavy atom. The van der Waals surface area contributed by atoms with Gasteiger partial charge in [-0.25, -0.2) is 4.79 Å². The first-order valence-electron chi connectivity index (χ1n) is 7.37. The molecule has 2 aliphatic rings. The van der Waals surface area contributed by atoms with Crippen LogP contribution < -0.4 is 0 Å². The molecule has 2 bridgehead atoms. The Morgan fingerprint density at radius 2 is 1.95 bits per heavy atom. The van der Waals surface area contributed by atoms with Crippen LogP contribution >= 0.6 is 0 Å². The number of piperidine rings is 1. The van der Waals surface area contributed by atoms with Gasteiger partial charge in [-0.2, -0.15) is 0 Å². The van der Waals surface area contributed by atoms with E-state index in [0.29, 0.717) is 43.9 Å². The van der Waals surface area contributed by atoms with Crippen molar-refractivity contribution < 1.29 is 19.1 Å². The average Bonchev–Trinajstić information content (AvgIpc) is 2.38. The third-order valence-corrected chi connectivity index (χ3v) is 4.42. The highest BCUT2D eigenvalue weighted by Gasteiger charge is 2.42. The van der Waals surface area contributed by atoms with E-state index in [2.05, 4.69) is 6.58 Å².